The summed E-state index contributed by atoms with van der Waals surface area (Å²) in [5.74, 6) is 1.64. The topological polar surface area (TPSA) is 46.3 Å². The third kappa shape index (κ3) is 3.86. The average Bonchev–Trinajstić information content (AvgIpc) is 2.75. The predicted molar refractivity (Wildman–Crippen MR) is 76.8 cm³/mol. The van der Waals surface area contributed by atoms with Crippen molar-refractivity contribution < 1.29 is 4.79 Å². The number of hydrogen-bond acceptors (Lipinski definition) is 2. The van der Waals surface area contributed by atoms with Crippen LogP contribution in [0.15, 0.2) is 0 Å². The van der Waals surface area contributed by atoms with Crippen LogP contribution in [0.25, 0.3) is 0 Å². The molecule has 0 aromatic rings. The third-order valence-corrected chi connectivity index (χ3v) is 4.70. The molecule has 3 nitrogen and oxygen atoms in total. The van der Waals surface area contributed by atoms with Crippen molar-refractivity contribution in [2.45, 2.75) is 57.9 Å². The van der Waals surface area contributed by atoms with Gasteiger partial charge in [0.05, 0.1) is 0 Å². The van der Waals surface area contributed by atoms with Gasteiger partial charge in [0, 0.05) is 25.6 Å². The summed E-state index contributed by atoms with van der Waals surface area (Å²) in [5.41, 5.74) is 6.03. The highest BCUT2D eigenvalue weighted by Gasteiger charge is 2.29. The van der Waals surface area contributed by atoms with Crippen LogP contribution in [-0.4, -0.2) is 29.9 Å². The summed E-state index contributed by atoms with van der Waals surface area (Å²) in [5, 5.41) is 0. The van der Waals surface area contributed by atoms with Gasteiger partial charge in [-0.3, -0.25) is 4.79 Å². The minimum absolute atomic E-state index is 0. The third-order valence-electron chi connectivity index (χ3n) is 4.70. The van der Waals surface area contributed by atoms with E-state index in [0.717, 1.165) is 31.8 Å². The summed E-state index contributed by atoms with van der Waals surface area (Å²) in [4.78, 5) is 14.2. The lowest BCUT2D eigenvalue weighted by molar-refractivity contribution is -0.133. The van der Waals surface area contributed by atoms with Gasteiger partial charge in [-0.05, 0) is 37.5 Å². The molecule has 0 spiro atoms. The number of piperidine rings is 1. The number of carbonyl (C=O) groups is 1. The van der Waals surface area contributed by atoms with E-state index in [1.807, 2.05) is 0 Å². The van der Waals surface area contributed by atoms with E-state index >= 15 is 0 Å². The maximum absolute atomic E-state index is 12.2. The molecule has 2 atom stereocenters. The Balaban J connectivity index is 0.00000162. The monoisotopic (exact) mass is 274 g/mol. The molecular formula is C14H27ClN2O. The molecule has 1 aliphatic carbocycles. The number of likely N-dealkylation sites (tertiary alicyclic amines) is 1. The Morgan fingerprint density at radius 1 is 1.22 bits per heavy atom. The van der Waals surface area contributed by atoms with Crippen molar-refractivity contribution >= 4 is 18.3 Å². The van der Waals surface area contributed by atoms with Crippen LogP contribution >= 0.6 is 12.4 Å². The number of rotatable bonds is 3. The Morgan fingerprint density at radius 3 is 2.39 bits per heavy atom. The van der Waals surface area contributed by atoms with Crippen molar-refractivity contribution in [1.29, 1.82) is 0 Å². The van der Waals surface area contributed by atoms with E-state index in [-0.39, 0.29) is 18.4 Å². The Labute approximate surface area is 117 Å². The van der Waals surface area contributed by atoms with Gasteiger partial charge in [-0.15, -0.1) is 12.4 Å². The zero-order chi connectivity index (χ0) is 12.3. The fourth-order valence-corrected chi connectivity index (χ4v) is 3.26. The molecule has 2 fully saturated rings. The van der Waals surface area contributed by atoms with Gasteiger partial charge in [0.1, 0.15) is 0 Å². The van der Waals surface area contributed by atoms with Crippen molar-refractivity contribution in [1.82, 2.24) is 4.90 Å². The zero-order valence-corrected chi connectivity index (χ0v) is 12.3. The van der Waals surface area contributed by atoms with Crippen LogP contribution in [0.2, 0.25) is 0 Å². The van der Waals surface area contributed by atoms with Gasteiger partial charge in [0.25, 0.3) is 0 Å². The Hall–Kier alpha value is -0.280. The summed E-state index contributed by atoms with van der Waals surface area (Å²) in [6, 6.07) is 0.270. The van der Waals surface area contributed by atoms with Crippen molar-refractivity contribution in [3.05, 3.63) is 0 Å². The molecule has 2 aliphatic rings. The van der Waals surface area contributed by atoms with Crippen LogP contribution in [0.4, 0.5) is 0 Å². The highest BCUT2D eigenvalue weighted by molar-refractivity contribution is 5.85. The van der Waals surface area contributed by atoms with E-state index < -0.39 is 0 Å². The van der Waals surface area contributed by atoms with E-state index in [1.165, 1.54) is 25.7 Å². The number of halogens is 1. The van der Waals surface area contributed by atoms with E-state index in [2.05, 4.69) is 11.8 Å². The van der Waals surface area contributed by atoms with Gasteiger partial charge in [-0.25, -0.2) is 0 Å². The second-order valence-corrected chi connectivity index (χ2v) is 5.79. The molecule has 0 aromatic heterocycles. The average molecular weight is 275 g/mol. The van der Waals surface area contributed by atoms with Crippen molar-refractivity contribution in [2.24, 2.45) is 17.6 Å². The lowest BCUT2D eigenvalue weighted by Crippen LogP contribution is -2.40. The van der Waals surface area contributed by atoms with E-state index in [0.29, 0.717) is 18.2 Å². The number of nitrogens with zero attached hydrogens (tertiary/aromatic N) is 1. The first kappa shape index (κ1) is 15.8. The molecule has 1 aliphatic heterocycles. The highest BCUT2D eigenvalue weighted by atomic mass is 35.5. The van der Waals surface area contributed by atoms with Gasteiger partial charge in [-0.2, -0.15) is 0 Å². The Morgan fingerprint density at radius 2 is 1.89 bits per heavy atom. The minimum atomic E-state index is 0. The van der Waals surface area contributed by atoms with Crippen LogP contribution in [-0.2, 0) is 4.79 Å². The van der Waals surface area contributed by atoms with E-state index in [4.69, 9.17) is 5.73 Å². The Kier molecular flexibility index (Phi) is 6.44. The fraction of sp³-hybridized carbons (Fsp3) is 0.929. The number of carbonyl (C=O) groups excluding carboxylic acids is 1. The molecule has 0 bridgehead atoms. The molecule has 1 saturated carbocycles. The second kappa shape index (κ2) is 7.34. The first-order valence-corrected chi connectivity index (χ1v) is 7.24. The second-order valence-electron chi connectivity index (χ2n) is 5.79. The quantitative estimate of drug-likeness (QED) is 0.860. The van der Waals surface area contributed by atoms with E-state index in [9.17, 15) is 4.79 Å². The number of nitrogens with two attached hydrogens (primary N) is 1. The van der Waals surface area contributed by atoms with E-state index in [1.54, 1.807) is 0 Å². The number of hydrogen-bond donors (Lipinski definition) is 1. The SMILES string of the molecule is CCC1CCN(C(=O)C[C@@H]2CCC[C@H]2N)CC1.Cl. The van der Waals surface area contributed by atoms with Crippen LogP contribution in [0, 0.1) is 11.8 Å². The van der Waals surface area contributed by atoms with Crippen LogP contribution in [0.3, 0.4) is 0 Å². The van der Waals surface area contributed by atoms with Crippen LogP contribution in [0.5, 0.6) is 0 Å². The van der Waals surface area contributed by atoms with Gasteiger partial charge in [-0.1, -0.05) is 19.8 Å². The fourth-order valence-electron chi connectivity index (χ4n) is 3.26. The molecule has 4 heteroatoms. The molecule has 106 valence electrons. The summed E-state index contributed by atoms with van der Waals surface area (Å²) >= 11 is 0. The first-order valence-electron chi connectivity index (χ1n) is 7.24. The molecule has 2 rings (SSSR count). The van der Waals surface area contributed by atoms with Crippen molar-refractivity contribution in [3.8, 4) is 0 Å². The van der Waals surface area contributed by atoms with Crippen molar-refractivity contribution in [3.63, 3.8) is 0 Å². The lowest BCUT2D eigenvalue weighted by atomic mass is 9.93. The molecule has 1 saturated heterocycles. The molecule has 0 unspecified atom stereocenters. The summed E-state index contributed by atoms with van der Waals surface area (Å²) in [6.45, 7) is 4.19. The predicted octanol–water partition coefficient (Wildman–Crippen LogP) is 2.57. The van der Waals surface area contributed by atoms with Gasteiger partial charge >= 0.3 is 0 Å². The van der Waals surface area contributed by atoms with Crippen molar-refractivity contribution in [2.75, 3.05) is 13.1 Å². The van der Waals surface area contributed by atoms with Gasteiger partial charge < -0.3 is 10.6 Å². The largest absolute Gasteiger partial charge is 0.343 e. The van der Waals surface area contributed by atoms with Crippen LogP contribution < -0.4 is 5.73 Å². The molecule has 2 N–H and O–H groups in total. The zero-order valence-electron chi connectivity index (χ0n) is 11.4. The molecule has 1 amide bonds. The van der Waals surface area contributed by atoms with Gasteiger partial charge in [0.15, 0.2) is 0 Å². The maximum Gasteiger partial charge on any atom is 0.222 e. The number of amides is 1. The minimum Gasteiger partial charge on any atom is -0.343 e. The molecule has 1 heterocycles. The molecule has 18 heavy (non-hydrogen) atoms. The summed E-state index contributed by atoms with van der Waals surface area (Å²) in [7, 11) is 0. The molecular weight excluding hydrogens is 248 g/mol. The molecule has 0 radical (unpaired) electrons. The standard InChI is InChI=1S/C14H26N2O.ClH/c1-2-11-6-8-16(9-7-11)14(17)10-12-4-3-5-13(12)15;/h11-13H,2-10,15H2,1H3;1H/t12-,13+;/m0./s1. The summed E-state index contributed by atoms with van der Waals surface area (Å²) < 4.78 is 0. The smallest absolute Gasteiger partial charge is 0.222 e. The highest BCUT2D eigenvalue weighted by Crippen LogP contribution is 2.28. The summed E-state index contributed by atoms with van der Waals surface area (Å²) in [6.07, 6.45) is 7.80. The van der Waals surface area contributed by atoms with Crippen LogP contribution in [0.1, 0.15) is 51.9 Å². The van der Waals surface area contributed by atoms with Gasteiger partial charge in [0.2, 0.25) is 5.91 Å². The first-order chi connectivity index (χ1) is 8.20. The normalized spacial score (nSPS) is 29.1. The lowest BCUT2D eigenvalue weighted by Gasteiger charge is -2.32. The maximum atomic E-state index is 12.2. The Bertz CT molecular complexity index is 265. The molecule has 0 aromatic carbocycles.